The Balaban J connectivity index is 1.63. The van der Waals surface area contributed by atoms with Crippen LogP contribution in [-0.4, -0.2) is 25.0 Å². The van der Waals surface area contributed by atoms with Gasteiger partial charge in [0.15, 0.2) is 0 Å². The van der Waals surface area contributed by atoms with Crippen LogP contribution >= 0.6 is 0 Å². The summed E-state index contributed by atoms with van der Waals surface area (Å²) in [5.74, 6) is 0.715. The van der Waals surface area contributed by atoms with Crippen molar-refractivity contribution in [2.45, 2.75) is 32.6 Å². The second-order valence-corrected chi connectivity index (χ2v) is 6.38. The average molecular weight is 352 g/mol. The van der Waals surface area contributed by atoms with Crippen molar-refractivity contribution >= 4 is 23.2 Å². The van der Waals surface area contributed by atoms with Gasteiger partial charge in [0.2, 0.25) is 5.91 Å². The summed E-state index contributed by atoms with van der Waals surface area (Å²) in [7, 11) is 0. The number of carbonyl (C=O) groups excluding carboxylic acids is 2. The minimum atomic E-state index is -0.185. The number of hydrogen-bond donors (Lipinski definition) is 1. The SMILES string of the molecule is CCCCOc1ccc(C(=O)Nc2cccc(N3CCCC3=O)c2)cc1. The van der Waals surface area contributed by atoms with Crippen molar-refractivity contribution in [1.82, 2.24) is 0 Å². The van der Waals surface area contributed by atoms with E-state index in [9.17, 15) is 9.59 Å². The highest BCUT2D eigenvalue weighted by molar-refractivity contribution is 6.05. The molecule has 1 aliphatic rings. The normalized spacial score (nSPS) is 13.7. The molecule has 3 rings (SSSR count). The van der Waals surface area contributed by atoms with E-state index in [4.69, 9.17) is 4.74 Å². The number of anilines is 2. The molecule has 1 N–H and O–H groups in total. The van der Waals surface area contributed by atoms with Gasteiger partial charge in [-0.1, -0.05) is 19.4 Å². The van der Waals surface area contributed by atoms with Gasteiger partial charge in [-0.15, -0.1) is 0 Å². The molecule has 2 aromatic rings. The maximum absolute atomic E-state index is 12.5. The fourth-order valence-electron chi connectivity index (χ4n) is 2.91. The molecule has 136 valence electrons. The first kappa shape index (κ1) is 18.0. The molecule has 5 heteroatoms. The lowest BCUT2D eigenvalue weighted by Crippen LogP contribution is -2.23. The third kappa shape index (κ3) is 4.42. The lowest BCUT2D eigenvalue weighted by Gasteiger charge is -2.16. The highest BCUT2D eigenvalue weighted by Crippen LogP contribution is 2.24. The highest BCUT2D eigenvalue weighted by Gasteiger charge is 2.21. The van der Waals surface area contributed by atoms with Gasteiger partial charge in [0.25, 0.3) is 5.91 Å². The van der Waals surface area contributed by atoms with Crippen molar-refractivity contribution in [3.8, 4) is 5.75 Å². The minimum Gasteiger partial charge on any atom is -0.494 e. The Morgan fingerprint density at radius 3 is 2.69 bits per heavy atom. The number of hydrogen-bond acceptors (Lipinski definition) is 3. The molecule has 2 amide bonds. The molecule has 0 saturated carbocycles. The van der Waals surface area contributed by atoms with Crippen LogP contribution in [0.1, 0.15) is 43.0 Å². The van der Waals surface area contributed by atoms with Crippen molar-refractivity contribution in [1.29, 1.82) is 0 Å². The van der Waals surface area contributed by atoms with Gasteiger partial charge in [-0.05, 0) is 55.3 Å². The maximum atomic E-state index is 12.5. The molecule has 26 heavy (non-hydrogen) atoms. The molecule has 5 nitrogen and oxygen atoms in total. The predicted octanol–water partition coefficient (Wildman–Crippen LogP) is 4.24. The number of ether oxygens (including phenoxy) is 1. The number of benzene rings is 2. The van der Waals surface area contributed by atoms with Crippen LogP contribution in [0.2, 0.25) is 0 Å². The minimum absolute atomic E-state index is 0.132. The zero-order chi connectivity index (χ0) is 18.4. The molecule has 0 aliphatic carbocycles. The summed E-state index contributed by atoms with van der Waals surface area (Å²) >= 11 is 0. The predicted molar refractivity (Wildman–Crippen MR) is 103 cm³/mol. The quantitative estimate of drug-likeness (QED) is 0.758. The first-order valence-electron chi connectivity index (χ1n) is 9.12. The van der Waals surface area contributed by atoms with E-state index in [2.05, 4.69) is 12.2 Å². The van der Waals surface area contributed by atoms with Gasteiger partial charge in [0, 0.05) is 29.9 Å². The van der Waals surface area contributed by atoms with Crippen molar-refractivity contribution in [2.24, 2.45) is 0 Å². The fraction of sp³-hybridized carbons (Fsp3) is 0.333. The second kappa shape index (κ2) is 8.52. The second-order valence-electron chi connectivity index (χ2n) is 6.38. The number of carbonyl (C=O) groups is 2. The molecule has 0 aromatic heterocycles. The molecule has 0 spiro atoms. The average Bonchev–Trinajstić information content (AvgIpc) is 3.09. The molecule has 0 radical (unpaired) electrons. The lowest BCUT2D eigenvalue weighted by atomic mass is 10.2. The fourth-order valence-corrected chi connectivity index (χ4v) is 2.91. The molecule has 1 saturated heterocycles. The van der Waals surface area contributed by atoms with Gasteiger partial charge in [-0.25, -0.2) is 0 Å². The first-order chi connectivity index (χ1) is 12.7. The van der Waals surface area contributed by atoms with Crippen molar-refractivity contribution in [3.05, 3.63) is 54.1 Å². The van der Waals surface area contributed by atoms with Gasteiger partial charge in [0.1, 0.15) is 5.75 Å². The molecule has 0 unspecified atom stereocenters. The molecule has 1 fully saturated rings. The third-order valence-corrected chi connectivity index (χ3v) is 4.37. The van der Waals surface area contributed by atoms with Crippen LogP contribution in [0.4, 0.5) is 11.4 Å². The Morgan fingerprint density at radius 1 is 1.19 bits per heavy atom. The van der Waals surface area contributed by atoms with E-state index in [1.54, 1.807) is 17.0 Å². The lowest BCUT2D eigenvalue weighted by molar-refractivity contribution is -0.117. The van der Waals surface area contributed by atoms with Gasteiger partial charge in [0.05, 0.1) is 6.61 Å². The summed E-state index contributed by atoms with van der Waals surface area (Å²) < 4.78 is 5.61. The Labute approximate surface area is 154 Å². The van der Waals surface area contributed by atoms with Crippen LogP contribution in [0.3, 0.4) is 0 Å². The highest BCUT2D eigenvalue weighted by atomic mass is 16.5. The number of amides is 2. The zero-order valence-electron chi connectivity index (χ0n) is 15.0. The number of nitrogens with one attached hydrogen (secondary N) is 1. The van der Waals surface area contributed by atoms with E-state index in [0.717, 1.165) is 37.2 Å². The number of rotatable bonds is 7. The molecule has 1 heterocycles. The summed E-state index contributed by atoms with van der Waals surface area (Å²) in [5, 5.41) is 2.89. The molecule has 1 aliphatic heterocycles. The summed E-state index contributed by atoms with van der Waals surface area (Å²) in [6, 6.07) is 14.5. The monoisotopic (exact) mass is 352 g/mol. The van der Waals surface area contributed by atoms with Crippen LogP contribution in [0, 0.1) is 0 Å². The van der Waals surface area contributed by atoms with Crippen LogP contribution < -0.4 is 15.0 Å². The Kier molecular flexibility index (Phi) is 5.89. The van der Waals surface area contributed by atoms with Gasteiger partial charge >= 0.3 is 0 Å². The first-order valence-corrected chi connectivity index (χ1v) is 9.12. The van der Waals surface area contributed by atoms with Gasteiger partial charge in [-0.3, -0.25) is 9.59 Å². The molecular formula is C21H24N2O3. The Bertz CT molecular complexity index is 771. The number of nitrogens with zero attached hydrogens (tertiary/aromatic N) is 1. The summed E-state index contributed by atoms with van der Waals surface area (Å²) in [5.41, 5.74) is 2.07. The maximum Gasteiger partial charge on any atom is 0.255 e. The molecular weight excluding hydrogens is 328 g/mol. The van der Waals surface area contributed by atoms with E-state index < -0.39 is 0 Å². The van der Waals surface area contributed by atoms with Gasteiger partial charge < -0.3 is 15.0 Å². The van der Waals surface area contributed by atoms with E-state index in [-0.39, 0.29) is 11.8 Å². The molecule has 2 aromatic carbocycles. The Morgan fingerprint density at radius 2 is 2.00 bits per heavy atom. The molecule has 0 bridgehead atoms. The summed E-state index contributed by atoms with van der Waals surface area (Å²) in [6.07, 6.45) is 3.56. The van der Waals surface area contributed by atoms with Crippen molar-refractivity contribution < 1.29 is 14.3 Å². The standard InChI is InChI=1S/C21H24N2O3/c1-2-3-14-26-19-11-9-16(10-12-19)21(25)22-17-6-4-7-18(15-17)23-13-5-8-20(23)24/h4,6-7,9-12,15H,2-3,5,8,13-14H2,1H3,(H,22,25). The van der Waals surface area contributed by atoms with Crippen molar-refractivity contribution in [2.75, 3.05) is 23.4 Å². The number of unbranched alkanes of at least 4 members (excludes halogenated alkanes) is 1. The topological polar surface area (TPSA) is 58.6 Å². The summed E-state index contributed by atoms with van der Waals surface area (Å²) in [6.45, 7) is 3.53. The van der Waals surface area contributed by atoms with E-state index >= 15 is 0 Å². The molecule has 0 atom stereocenters. The largest absolute Gasteiger partial charge is 0.494 e. The van der Waals surface area contributed by atoms with Crippen LogP contribution in [0.5, 0.6) is 5.75 Å². The smallest absolute Gasteiger partial charge is 0.255 e. The van der Waals surface area contributed by atoms with Gasteiger partial charge in [-0.2, -0.15) is 0 Å². The van der Waals surface area contributed by atoms with E-state index in [1.165, 1.54) is 0 Å². The van der Waals surface area contributed by atoms with Crippen LogP contribution in [-0.2, 0) is 4.79 Å². The van der Waals surface area contributed by atoms with Crippen molar-refractivity contribution in [3.63, 3.8) is 0 Å². The Hall–Kier alpha value is -2.82. The van der Waals surface area contributed by atoms with Crippen LogP contribution in [0.25, 0.3) is 0 Å². The van der Waals surface area contributed by atoms with Crippen LogP contribution in [0.15, 0.2) is 48.5 Å². The third-order valence-electron chi connectivity index (χ3n) is 4.37. The van der Waals surface area contributed by atoms with E-state index in [1.807, 2.05) is 36.4 Å². The van der Waals surface area contributed by atoms with E-state index in [0.29, 0.717) is 24.3 Å². The summed E-state index contributed by atoms with van der Waals surface area (Å²) in [4.78, 5) is 26.1. The zero-order valence-corrected chi connectivity index (χ0v) is 15.0.